The number of aliphatic carboxylic acids is 2. The molecule has 2 atom stereocenters. The fourth-order valence-corrected chi connectivity index (χ4v) is 4.66. The van der Waals surface area contributed by atoms with Crippen LogP contribution >= 0.6 is 0 Å². The molecule has 0 aromatic heterocycles. The van der Waals surface area contributed by atoms with Crippen molar-refractivity contribution in [2.75, 3.05) is 0 Å². The number of carbonyl (C=O) groups is 2. The molecule has 2 aromatic rings. The van der Waals surface area contributed by atoms with Crippen molar-refractivity contribution >= 4 is 11.9 Å². The Morgan fingerprint density at radius 3 is 1.20 bits per heavy atom. The number of unbranched alkanes of at least 4 members (excludes halogenated alkanes) is 6. The highest BCUT2D eigenvalue weighted by Gasteiger charge is 2.15. The van der Waals surface area contributed by atoms with E-state index in [0.29, 0.717) is 0 Å². The van der Waals surface area contributed by atoms with Gasteiger partial charge in [0.25, 0.3) is 0 Å². The highest BCUT2D eigenvalue weighted by molar-refractivity contribution is 5.70. The maximum atomic E-state index is 10.8. The highest BCUT2D eigenvalue weighted by atomic mass is 16.4. The summed E-state index contributed by atoms with van der Waals surface area (Å²) in [6.07, 6.45) is 14.8. The number of hydrogen-bond donors (Lipinski definition) is 3. The first-order valence-corrected chi connectivity index (χ1v) is 16.1. The van der Waals surface area contributed by atoms with Gasteiger partial charge in [0.05, 0.1) is 11.8 Å². The van der Waals surface area contributed by atoms with Crippen molar-refractivity contribution in [3.05, 3.63) is 71.8 Å². The van der Waals surface area contributed by atoms with E-state index in [2.05, 4.69) is 67.7 Å². The normalized spacial score (nSPS) is 11.8. The van der Waals surface area contributed by atoms with Crippen LogP contribution in [0, 0.1) is 11.8 Å². The fraction of sp³-hybridized carbons (Fsp3) is 0.611. The minimum atomic E-state index is -0.613. The van der Waals surface area contributed by atoms with Crippen LogP contribution in [0.3, 0.4) is 0 Å². The Bertz CT molecular complexity index is 785. The summed E-state index contributed by atoms with van der Waals surface area (Å²) in [5, 5.41) is 21.1. The van der Waals surface area contributed by atoms with Gasteiger partial charge in [-0.15, -0.1) is 0 Å². The van der Waals surface area contributed by atoms with Crippen LogP contribution in [-0.4, -0.2) is 22.2 Å². The van der Waals surface area contributed by atoms with Crippen LogP contribution in [0.15, 0.2) is 60.7 Å². The van der Waals surface area contributed by atoms with E-state index in [9.17, 15) is 9.59 Å². The van der Waals surface area contributed by atoms with E-state index in [-0.39, 0.29) is 11.8 Å². The first kappa shape index (κ1) is 38.3. The molecule has 0 amide bonds. The summed E-state index contributed by atoms with van der Waals surface area (Å²) in [5.41, 5.74) is 2.65. The standard InChI is InChI=1S/C14H15N.2C11H22O2/c1-3-7-13(8-4-1)11-15-12-14-9-5-2-6-10-14;2*1-3-5-6-7-9-10(8-4-2)11(12)13/h1-10,15H,11-12H2;2*10H,3-9H2,1-2H3,(H,12,13)/t;2*10-/m.11/s1. The molecular weight excluding hydrogens is 510 g/mol. The minimum absolute atomic E-state index is 0.0955. The third-order valence-corrected chi connectivity index (χ3v) is 7.13. The molecule has 0 aliphatic heterocycles. The molecule has 41 heavy (non-hydrogen) atoms. The lowest BCUT2D eigenvalue weighted by Crippen LogP contribution is -2.13. The van der Waals surface area contributed by atoms with Crippen LogP contribution < -0.4 is 5.32 Å². The number of hydrogen-bond acceptors (Lipinski definition) is 3. The Labute approximate surface area is 251 Å². The minimum Gasteiger partial charge on any atom is -0.481 e. The van der Waals surface area contributed by atoms with Gasteiger partial charge in [0.1, 0.15) is 0 Å². The number of carboxylic acids is 2. The summed E-state index contributed by atoms with van der Waals surface area (Å²) in [6, 6.07) is 20.9. The Hall–Kier alpha value is -2.66. The van der Waals surface area contributed by atoms with Gasteiger partial charge in [-0.25, -0.2) is 0 Å². The van der Waals surface area contributed by atoms with Crippen LogP contribution in [0.2, 0.25) is 0 Å². The van der Waals surface area contributed by atoms with Crippen molar-refractivity contribution in [1.29, 1.82) is 0 Å². The fourth-order valence-electron chi connectivity index (χ4n) is 4.66. The van der Waals surface area contributed by atoms with Crippen molar-refractivity contribution in [2.45, 2.75) is 131 Å². The van der Waals surface area contributed by atoms with Crippen LogP contribution in [0.4, 0.5) is 0 Å². The third kappa shape index (κ3) is 22.7. The maximum absolute atomic E-state index is 10.8. The quantitative estimate of drug-likeness (QED) is 0.138. The number of carboxylic acid groups (broad SMARTS) is 2. The first-order valence-electron chi connectivity index (χ1n) is 16.1. The Kier molecular flexibility index (Phi) is 25.7. The summed E-state index contributed by atoms with van der Waals surface area (Å²) in [7, 11) is 0. The Morgan fingerprint density at radius 1 is 0.537 bits per heavy atom. The monoisotopic (exact) mass is 569 g/mol. The summed E-state index contributed by atoms with van der Waals surface area (Å²) >= 11 is 0. The van der Waals surface area contributed by atoms with Crippen molar-refractivity contribution in [3.8, 4) is 0 Å². The second-order valence-electron chi connectivity index (χ2n) is 10.9. The van der Waals surface area contributed by atoms with Gasteiger partial charge in [-0.3, -0.25) is 9.59 Å². The SMILES string of the molecule is CCCCCC[C@@H](CCC)C(=O)O.CCCCCC[C@@H](CCC)C(=O)O.c1ccc(CNCc2ccccc2)cc1. The molecule has 5 nitrogen and oxygen atoms in total. The second kappa shape index (κ2) is 27.5. The summed E-state index contributed by atoms with van der Waals surface area (Å²) in [4.78, 5) is 21.5. The van der Waals surface area contributed by atoms with Gasteiger partial charge in [-0.05, 0) is 36.8 Å². The van der Waals surface area contributed by atoms with E-state index in [1.54, 1.807) is 0 Å². The third-order valence-electron chi connectivity index (χ3n) is 7.13. The van der Waals surface area contributed by atoms with Gasteiger partial charge < -0.3 is 15.5 Å². The van der Waals surface area contributed by atoms with Crippen molar-refractivity contribution in [3.63, 3.8) is 0 Å². The lowest BCUT2D eigenvalue weighted by molar-refractivity contribution is -0.143. The van der Waals surface area contributed by atoms with Gasteiger partial charge in [-0.1, -0.05) is 153 Å². The zero-order valence-electron chi connectivity index (χ0n) is 26.5. The molecule has 3 N–H and O–H groups in total. The molecule has 0 fully saturated rings. The molecule has 0 saturated carbocycles. The van der Waals surface area contributed by atoms with Gasteiger partial charge >= 0.3 is 11.9 Å². The van der Waals surface area contributed by atoms with Gasteiger partial charge in [-0.2, -0.15) is 0 Å². The smallest absolute Gasteiger partial charge is 0.306 e. The van der Waals surface area contributed by atoms with E-state index < -0.39 is 11.9 Å². The molecule has 0 bridgehead atoms. The molecule has 2 rings (SSSR count). The molecule has 0 unspecified atom stereocenters. The van der Waals surface area contributed by atoms with Crippen molar-refractivity contribution in [1.82, 2.24) is 5.32 Å². The number of rotatable bonds is 20. The van der Waals surface area contributed by atoms with E-state index in [4.69, 9.17) is 10.2 Å². The topological polar surface area (TPSA) is 86.6 Å². The molecule has 232 valence electrons. The molecule has 0 spiro atoms. The van der Waals surface area contributed by atoms with Crippen LogP contribution in [0.5, 0.6) is 0 Å². The van der Waals surface area contributed by atoms with Crippen LogP contribution in [-0.2, 0) is 22.7 Å². The molecule has 0 aliphatic carbocycles. The molecule has 0 radical (unpaired) electrons. The summed E-state index contributed by atoms with van der Waals surface area (Å²) in [6.45, 7) is 10.3. The zero-order chi connectivity index (χ0) is 30.6. The Morgan fingerprint density at radius 2 is 0.902 bits per heavy atom. The van der Waals surface area contributed by atoms with Crippen LogP contribution in [0.25, 0.3) is 0 Å². The van der Waals surface area contributed by atoms with E-state index in [0.717, 1.165) is 64.5 Å². The summed E-state index contributed by atoms with van der Waals surface area (Å²) < 4.78 is 0. The van der Waals surface area contributed by atoms with Gasteiger partial charge in [0.15, 0.2) is 0 Å². The first-order chi connectivity index (χ1) is 19.9. The molecule has 0 saturated heterocycles. The van der Waals surface area contributed by atoms with E-state index in [1.807, 2.05) is 26.0 Å². The van der Waals surface area contributed by atoms with Gasteiger partial charge in [0.2, 0.25) is 0 Å². The average molecular weight is 570 g/mol. The largest absolute Gasteiger partial charge is 0.481 e. The van der Waals surface area contributed by atoms with Crippen LogP contribution in [0.1, 0.15) is 129 Å². The second-order valence-corrected chi connectivity index (χ2v) is 10.9. The van der Waals surface area contributed by atoms with E-state index in [1.165, 1.54) is 49.7 Å². The van der Waals surface area contributed by atoms with Crippen molar-refractivity contribution < 1.29 is 19.8 Å². The number of benzene rings is 2. The lowest BCUT2D eigenvalue weighted by Gasteiger charge is -2.09. The van der Waals surface area contributed by atoms with E-state index >= 15 is 0 Å². The van der Waals surface area contributed by atoms with Crippen molar-refractivity contribution in [2.24, 2.45) is 11.8 Å². The summed E-state index contributed by atoms with van der Waals surface area (Å²) in [5.74, 6) is -1.42. The molecule has 5 heteroatoms. The molecular formula is C36H59NO4. The molecule has 0 heterocycles. The predicted molar refractivity (Wildman–Crippen MR) is 173 cm³/mol. The molecule has 2 aromatic carbocycles. The predicted octanol–water partition coefficient (Wildman–Crippen LogP) is 9.89. The average Bonchev–Trinajstić information content (AvgIpc) is 2.98. The Balaban J connectivity index is 0.000000589. The number of nitrogens with one attached hydrogen (secondary N) is 1. The van der Waals surface area contributed by atoms with Gasteiger partial charge in [0, 0.05) is 13.1 Å². The molecule has 0 aliphatic rings. The lowest BCUT2D eigenvalue weighted by atomic mass is 9.96. The zero-order valence-corrected chi connectivity index (χ0v) is 26.5. The maximum Gasteiger partial charge on any atom is 0.306 e. The highest BCUT2D eigenvalue weighted by Crippen LogP contribution is 2.17.